The minimum atomic E-state index is -0.408. The van der Waals surface area contributed by atoms with Gasteiger partial charge >= 0.3 is 0 Å². The summed E-state index contributed by atoms with van der Waals surface area (Å²) in [5, 5.41) is 8.93. The van der Waals surface area contributed by atoms with Crippen molar-refractivity contribution in [2.45, 2.75) is 6.04 Å². The quantitative estimate of drug-likeness (QED) is 0.671. The maximum absolute atomic E-state index is 12.0. The Balaban J connectivity index is 2.00. The molecule has 0 bridgehead atoms. The summed E-state index contributed by atoms with van der Waals surface area (Å²) >= 11 is 7.95. The zero-order valence-electron chi connectivity index (χ0n) is 9.30. The molecule has 0 spiro atoms. The molecule has 1 unspecified atom stereocenters. The van der Waals surface area contributed by atoms with Crippen LogP contribution in [0.1, 0.15) is 0 Å². The molecule has 0 saturated carbocycles. The van der Waals surface area contributed by atoms with Crippen molar-refractivity contribution in [3.8, 4) is 0 Å². The van der Waals surface area contributed by atoms with Gasteiger partial charge in [0.25, 0.3) is 0 Å². The van der Waals surface area contributed by atoms with Crippen LogP contribution < -0.4 is 16.0 Å². The third-order valence-corrected chi connectivity index (χ3v) is 3.65. The van der Waals surface area contributed by atoms with Crippen molar-refractivity contribution >= 4 is 51.7 Å². The first-order valence-electron chi connectivity index (χ1n) is 5.32. The molecule has 1 aromatic rings. The molecule has 5 nitrogen and oxygen atoms in total. The van der Waals surface area contributed by atoms with Crippen LogP contribution >= 0.6 is 34.2 Å². The first kappa shape index (κ1) is 13.6. The highest BCUT2D eigenvalue weighted by Crippen LogP contribution is 2.22. The van der Waals surface area contributed by atoms with Crippen LogP contribution in [0.4, 0.5) is 5.69 Å². The lowest BCUT2D eigenvalue weighted by Crippen LogP contribution is -2.56. The van der Waals surface area contributed by atoms with E-state index < -0.39 is 6.04 Å². The number of hydrogen-bond donors (Lipinski definition) is 3. The van der Waals surface area contributed by atoms with Crippen molar-refractivity contribution in [1.29, 1.82) is 0 Å². The van der Waals surface area contributed by atoms with E-state index >= 15 is 0 Å². The van der Waals surface area contributed by atoms with Crippen LogP contribution in [0.25, 0.3) is 0 Å². The molecule has 1 aliphatic rings. The Hall–Kier alpha value is -0.860. The molecule has 1 fully saturated rings. The van der Waals surface area contributed by atoms with Crippen molar-refractivity contribution in [1.82, 2.24) is 10.6 Å². The largest absolute Gasteiger partial charge is 0.353 e. The summed E-state index contributed by atoms with van der Waals surface area (Å²) in [6.07, 6.45) is 0. The summed E-state index contributed by atoms with van der Waals surface area (Å²) < 4.78 is 0.869. The van der Waals surface area contributed by atoms with Gasteiger partial charge in [-0.3, -0.25) is 14.9 Å². The summed E-state index contributed by atoms with van der Waals surface area (Å²) in [5.74, 6) is -0.268. The van der Waals surface area contributed by atoms with Gasteiger partial charge in [0.15, 0.2) is 0 Å². The Morgan fingerprint density at radius 1 is 1.50 bits per heavy atom. The molecule has 1 saturated heterocycles. The second-order valence-electron chi connectivity index (χ2n) is 3.85. The Kier molecular flexibility index (Phi) is 4.41. The minimum absolute atomic E-state index is 0.0971. The van der Waals surface area contributed by atoms with Gasteiger partial charge < -0.3 is 10.6 Å². The van der Waals surface area contributed by atoms with E-state index in [1.54, 1.807) is 18.2 Å². The monoisotopic (exact) mass is 379 g/mol. The van der Waals surface area contributed by atoms with Gasteiger partial charge in [0, 0.05) is 15.1 Å². The SMILES string of the molecule is O=C1CNC(C(=O)Nc2ccc(Cl)cc2I)CN1. The highest BCUT2D eigenvalue weighted by Gasteiger charge is 2.23. The second-order valence-corrected chi connectivity index (χ2v) is 5.45. The minimum Gasteiger partial charge on any atom is -0.353 e. The van der Waals surface area contributed by atoms with E-state index in [0.29, 0.717) is 17.3 Å². The zero-order valence-corrected chi connectivity index (χ0v) is 12.2. The lowest BCUT2D eigenvalue weighted by molar-refractivity contribution is -0.124. The molecule has 1 aliphatic heterocycles. The van der Waals surface area contributed by atoms with Gasteiger partial charge in [0.05, 0.1) is 12.2 Å². The molecule has 0 aromatic heterocycles. The molecular formula is C11H11ClIN3O2. The highest BCUT2D eigenvalue weighted by atomic mass is 127. The Labute approximate surface area is 123 Å². The molecule has 2 rings (SSSR count). The number of halogens is 2. The summed E-state index contributed by atoms with van der Waals surface area (Å²) in [4.78, 5) is 22.9. The maximum Gasteiger partial charge on any atom is 0.243 e. The summed E-state index contributed by atoms with van der Waals surface area (Å²) in [6, 6.07) is 4.83. The van der Waals surface area contributed by atoms with E-state index in [1.165, 1.54) is 0 Å². The van der Waals surface area contributed by atoms with Crippen LogP contribution in [0.3, 0.4) is 0 Å². The molecule has 18 heavy (non-hydrogen) atoms. The normalized spacial score (nSPS) is 19.2. The second kappa shape index (κ2) is 5.85. The molecule has 0 aliphatic carbocycles. The number of piperazine rings is 1. The Morgan fingerprint density at radius 2 is 2.28 bits per heavy atom. The molecule has 0 radical (unpaired) electrons. The number of carbonyl (C=O) groups excluding carboxylic acids is 2. The number of rotatable bonds is 2. The maximum atomic E-state index is 12.0. The van der Waals surface area contributed by atoms with E-state index in [9.17, 15) is 9.59 Å². The fourth-order valence-electron chi connectivity index (χ4n) is 1.56. The molecule has 2 amide bonds. The van der Waals surface area contributed by atoms with E-state index in [2.05, 4.69) is 38.5 Å². The lowest BCUT2D eigenvalue weighted by Gasteiger charge is -2.23. The van der Waals surface area contributed by atoms with Crippen LogP contribution in [-0.2, 0) is 9.59 Å². The summed E-state index contributed by atoms with van der Waals surface area (Å²) in [6.45, 7) is 0.463. The Morgan fingerprint density at radius 3 is 2.89 bits per heavy atom. The van der Waals surface area contributed by atoms with Gasteiger partial charge in [-0.05, 0) is 40.8 Å². The van der Waals surface area contributed by atoms with Gasteiger partial charge in [-0.15, -0.1) is 0 Å². The first-order valence-corrected chi connectivity index (χ1v) is 6.78. The van der Waals surface area contributed by atoms with Crippen molar-refractivity contribution < 1.29 is 9.59 Å². The average molecular weight is 380 g/mol. The third-order valence-electron chi connectivity index (χ3n) is 2.52. The summed E-state index contributed by atoms with van der Waals surface area (Å²) in [5.41, 5.74) is 0.712. The average Bonchev–Trinajstić information content (AvgIpc) is 2.33. The van der Waals surface area contributed by atoms with E-state index in [-0.39, 0.29) is 18.4 Å². The van der Waals surface area contributed by atoms with E-state index in [4.69, 9.17) is 11.6 Å². The number of nitrogens with one attached hydrogen (secondary N) is 3. The standard InChI is InChI=1S/C11H11ClIN3O2/c12-6-1-2-8(7(13)3-6)16-11(18)9-4-15-10(17)5-14-9/h1-3,9,14H,4-5H2,(H,15,17)(H,16,18). The van der Waals surface area contributed by atoms with Crippen LogP contribution in [0.15, 0.2) is 18.2 Å². The van der Waals surface area contributed by atoms with Crippen LogP contribution in [0, 0.1) is 3.57 Å². The highest BCUT2D eigenvalue weighted by molar-refractivity contribution is 14.1. The number of amides is 2. The molecule has 1 aromatic carbocycles. The van der Waals surface area contributed by atoms with Crippen molar-refractivity contribution in [2.75, 3.05) is 18.4 Å². The predicted molar refractivity (Wildman–Crippen MR) is 77.6 cm³/mol. The number of anilines is 1. The van der Waals surface area contributed by atoms with Gasteiger partial charge in [-0.2, -0.15) is 0 Å². The molecular weight excluding hydrogens is 368 g/mol. The number of hydrogen-bond acceptors (Lipinski definition) is 3. The number of carbonyl (C=O) groups is 2. The third kappa shape index (κ3) is 3.33. The molecule has 3 N–H and O–H groups in total. The first-order chi connectivity index (χ1) is 8.56. The fourth-order valence-corrected chi connectivity index (χ4v) is 2.57. The van der Waals surface area contributed by atoms with E-state index in [0.717, 1.165) is 3.57 Å². The summed E-state index contributed by atoms with van der Waals surface area (Å²) in [7, 11) is 0. The molecule has 1 atom stereocenters. The van der Waals surface area contributed by atoms with Gasteiger partial charge in [0.1, 0.15) is 6.04 Å². The van der Waals surface area contributed by atoms with Gasteiger partial charge in [0.2, 0.25) is 11.8 Å². The zero-order chi connectivity index (χ0) is 13.1. The van der Waals surface area contributed by atoms with Crippen molar-refractivity contribution in [3.05, 3.63) is 26.8 Å². The van der Waals surface area contributed by atoms with Crippen molar-refractivity contribution in [2.24, 2.45) is 0 Å². The van der Waals surface area contributed by atoms with Crippen LogP contribution in [-0.4, -0.2) is 30.9 Å². The molecule has 1 heterocycles. The molecule has 96 valence electrons. The fraction of sp³-hybridized carbons (Fsp3) is 0.273. The Bertz CT molecular complexity index is 485. The topological polar surface area (TPSA) is 70.2 Å². The van der Waals surface area contributed by atoms with Crippen molar-refractivity contribution in [3.63, 3.8) is 0 Å². The smallest absolute Gasteiger partial charge is 0.243 e. The van der Waals surface area contributed by atoms with Gasteiger partial charge in [-0.25, -0.2) is 0 Å². The molecule has 7 heteroatoms. The number of benzene rings is 1. The van der Waals surface area contributed by atoms with Crippen LogP contribution in [0.5, 0.6) is 0 Å². The van der Waals surface area contributed by atoms with Gasteiger partial charge in [-0.1, -0.05) is 11.6 Å². The van der Waals surface area contributed by atoms with Crippen LogP contribution in [0.2, 0.25) is 5.02 Å². The lowest BCUT2D eigenvalue weighted by atomic mass is 10.2. The van der Waals surface area contributed by atoms with E-state index in [1.807, 2.05) is 0 Å². The predicted octanol–water partition coefficient (Wildman–Crippen LogP) is 0.971.